The predicted octanol–water partition coefficient (Wildman–Crippen LogP) is 2.74. The maximum Gasteiger partial charge on any atom is 0.230 e. The summed E-state index contributed by atoms with van der Waals surface area (Å²) in [5, 5.41) is 2.88. The van der Waals surface area contributed by atoms with Crippen molar-refractivity contribution in [3.63, 3.8) is 0 Å². The number of anilines is 2. The van der Waals surface area contributed by atoms with Gasteiger partial charge < -0.3 is 15.0 Å². The molecule has 2 amide bonds. The van der Waals surface area contributed by atoms with E-state index in [0.717, 1.165) is 49.2 Å². The van der Waals surface area contributed by atoms with Crippen LogP contribution in [0.2, 0.25) is 0 Å². The van der Waals surface area contributed by atoms with Crippen molar-refractivity contribution < 1.29 is 14.3 Å². The molecule has 5 nitrogen and oxygen atoms in total. The van der Waals surface area contributed by atoms with Crippen LogP contribution >= 0.6 is 0 Å². The number of hydrogen-bond acceptors (Lipinski definition) is 3. The van der Waals surface area contributed by atoms with Gasteiger partial charge in [-0.2, -0.15) is 0 Å². The lowest BCUT2D eigenvalue weighted by Crippen LogP contribution is -2.46. The summed E-state index contributed by atoms with van der Waals surface area (Å²) in [4.78, 5) is 26.1. The SMILES string of the molecule is CCOC1CC(C(=O)N2CCCc3c(NC(C)=O)cccc32)C1. The summed E-state index contributed by atoms with van der Waals surface area (Å²) in [6.07, 6.45) is 3.70. The first-order chi connectivity index (χ1) is 11.1. The van der Waals surface area contributed by atoms with Gasteiger partial charge in [0.25, 0.3) is 0 Å². The number of benzene rings is 1. The van der Waals surface area contributed by atoms with E-state index in [2.05, 4.69) is 5.32 Å². The number of fused-ring (bicyclic) bond motifs is 1. The molecule has 0 spiro atoms. The van der Waals surface area contributed by atoms with Crippen LogP contribution in [0.4, 0.5) is 11.4 Å². The Bertz CT molecular complexity index is 608. The van der Waals surface area contributed by atoms with Gasteiger partial charge in [-0.3, -0.25) is 9.59 Å². The summed E-state index contributed by atoms with van der Waals surface area (Å²) in [5.41, 5.74) is 2.85. The Morgan fingerprint density at radius 1 is 1.35 bits per heavy atom. The molecule has 0 unspecified atom stereocenters. The molecule has 2 aliphatic rings. The maximum atomic E-state index is 12.8. The summed E-state index contributed by atoms with van der Waals surface area (Å²) >= 11 is 0. The summed E-state index contributed by atoms with van der Waals surface area (Å²) in [5.74, 6) is 0.184. The molecule has 0 bridgehead atoms. The fraction of sp³-hybridized carbons (Fsp3) is 0.556. The zero-order valence-electron chi connectivity index (χ0n) is 13.8. The third kappa shape index (κ3) is 3.24. The number of nitrogens with one attached hydrogen (secondary N) is 1. The fourth-order valence-electron chi connectivity index (χ4n) is 3.52. The van der Waals surface area contributed by atoms with Gasteiger partial charge in [0.15, 0.2) is 0 Å². The summed E-state index contributed by atoms with van der Waals surface area (Å²) < 4.78 is 5.56. The van der Waals surface area contributed by atoms with E-state index >= 15 is 0 Å². The maximum absolute atomic E-state index is 12.8. The van der Waals surface area contributed by atoms with E-state index in [1.165, 1.54) is 6.92 Å². The number of hydrogen-bond donors (Lipinski definition) is 1. The Hall–Kier alpha value is -1.88. The van der Waals surface area contributed by atoms with Crippen LogP contribution in [-0.2, 0) is 20.7 Å². The van der Waals surface area contributed by atoms with Crippen molar-refractivity contribution in [1.82, 2.24) is 0 Å². The minimum atomic E-state index is -0.0830. The third-order valence-electron chi connectivity index (χ3n) is 4.67. The Kier molecular flexibility index (Phi) is 4.66. The van der Waals surface area contributed by atoms with E-state index in [4.69, 9.17) is 4.74 Å². The minimum Gasteiger partial charge on any atom is -0.378 e. The molecule has 1 N–H and O–H groups in total. The van der Waals surface area contributed by atoms with E-state index in [0.29, 0.717) is 6.61 Å². The molecule has 0 atom stereocenters. The minimum absolute atomic E-state index is 0.0712. The molecule has 1 aliphatic heterocycles. The Morgan fingerprint density at radius 2 is 2.13 bits per heavy atom. The van der Waals surface area contributed by atoms with Gasteiger partial charge in [-0.25, -0.2) is 0 Å². The van der Waals surface area contributed by atoms with Crippen molar-refractivity contribution in [2.45, 2.75) is 45.6 Å². The predicted molar refractivity (Wildman–Crippen MR) is 89.6 cm³/mol. The quantitative estimate of drug-likeness (QED) is 0.929. The number of carbonyl (C=O) groups is 2. The van der Waals surface area contributed by atoms with Crippen molar-refractivity contribution in [2.75, 3.05) is 23.4 Å². The highest BCUT2D eigenvalue weighted by Gasteiger charge is 2.38. The number of amides is 2. The number of rotatable bonds is 4. The van der Waals surface area contributed by atoms with Crippen molar-refractivity contribution in [1.29, 1.82) is 0 Å². The van der Waals surface area contributed by atoms with E-state index in [1.807, 2.05) is 30.0 Å². The molecule has 0 saturated heterocycles. The normalized spacial score (nSPS) is 23.0. The molecular formula is C18H24N2O3. The Morgan fingerprint density at radius 3 is 2.83 bits per heavy atom. The van der Waals surface area contributed by atoms with E-state index < -0.39 is 0 Å². The molecule has 5 heteroatoms. The lowest BCUT2D eigenvalue weighted by molar-refractivity contribution is -0.131. The average Bonchev–Trinajstić information content (AvgIpc) is 2.49. The van der Waals surface area contributed by atoms with Crippen molar-refractivity contribution in [3.8, 4) is 0 Å². The van der Waals surface area contributed by atoms with Gasteiger partial charge in [0, 0.05) is 37.4 Å². The van der Waals surface area contributed by atoms with Crippen LogP contribution in [-0.4, -0.2) is 31.1 Å². The topological polar surface area (TPSA) is 58.6 Å². The van der Waals surface area contributed by atoms with Crippen LogP contribution in [0.25, 0.3) is 0 Å². The lowest BCUT2D eigenvalue weighted by atomic mass is 9.80. The highest BCUT2D eigenvalue weighted by molar-refractivity contribution is 5.99. The first-order valence-electron chi connectivity index (χ1n) is 8.42. The zero-order valence-corrected chi connectivity index (χ0v) is 13.8. The molecular weight excluding hydrogens is 292 g/mol. The molecule has 23 heavy (non-hydrogen) atoms. The second-order valence-electron chi connectivity index (χ2n) is 6.32. The molecule has 3 rings (SSSR count). The van der Waals surface area contributed by atoms with Gasteiger partial charge in [-0.1, -0.05) is 6.07 Å². The van der Waals surface area contributed by atoms with E-state index in [1.54, 1.807) is 0 Å². The van der Waals surface area contributed by atoms with Crippen LogP contribution in [0.5, 0.6) is 0 Å². The molecule has 1 aromatic rings. The fourth-order valence-corrected chi connectivity index (χ4v) is 3.52. The van der Waals surface area contributed by atoms with Crippen LogP contribution in [0.1, 0.15) is 38.7 Å². The number of carbonyl (C=O) groups excluding carboxylic acids is 2. The molecule has 1 aliphatic carbocycles. The highest BCUT2D eigenvalue weighted by Crippen LogP contribution is 2.37. The van der Waals surface area contributed by atoms with Crippen molar-refractivity contribution >= 4 is 23.2 Å². The van der Waals surface area contributed by atoms with Crippen molar-refractivity contribution in [3.05, 3.63) is 23.8 Å². The molecule has 1 fully saturated rings. The molecule has 124 valence electrons. The number of nitrogens with zero attached hydrogens (tertiary/aromatic N) is 1. The highest BCUT2D eigenvalue weighted by atomic mass is 16.5. The molecule has 1 aromatic carbocycles. The smallest absolute Gasteiger partial charge is 0.230 e. The van der Waals surface area contributed by atoms with Crippen LogP contribution < -0.4 is 10.2 Å². The third-order valence-corrected chi connectivity index (χ3v) is 4.67. The first-order valence-corrected chi connectivity index (χ1v) is 8.42. The second-order valence-corrected chi connectivity index (χ2v) is 6.32. The zero-order chi connectivity index (χ0) is 16.4. The molecule has 0 aromatic heterocycles. The standard InChI is InChI=1S/C18H24N2O3/c1-3-23-14-10-13(11-14)18(22)20-9-5-6-15-16(19-12(2)21)7-4-8-17(15)20/h4,7-8,13-14H,3,5-6,9-11H2,1-2H3,(H,19,21). The van der Waals surface area contributed by atoms with Gasteiger partial charge in [0.1, 0.15) is 0 Å². The lowest BCUT2D eigenvalue weighted by Gasteiger charge is -2.39. The average molecular weight is 316 g/mol. The van der Waals surface area contributed by atoms with Gasteiger partial charge in [0.05, 0.1) is 6.10 Å². The second kappa shape index (κ2) is 6.71. The van der Waals surface area contributed by atoms with E-state index in [9.17, 15) is 9.59 Å². The first kappa shape index (κ1) is 16.0. The summed E-state index contributed by atoms with van der Waals surface area (Å²) in [7, 11) is 0. The van der Waals surface area contributed by atoms with Crippen LogP contribution in [0, 0.1) is 5.92 Å². The number of ether oxygens (including phenoxy) is 1. The van der Waals surface area contributed by atoms with Gasteiger partial charge in [-0.15, -0.1) is 0 Å². The molecule has 0 radical (unpaired) electrons. The van der Waals surface area contributed by atoms with Gasteiger partial charge >= 0.3 is 0 Å². The Balaban J connectivity index is 1.77. The Labute approximate surface area is 137 Å². The summed E-state index contributed by atoms with van der Waals surface area (Å²) in [6.45, 7) is 4.95. The largest absolute Gasteiger partial charge is 0.378 e. The van der Waals surface area contributed by atoms with Gasteiger partial charge in [0.2, 0.25) is 11.8 Å². The monoisotopic (exact) mass is 316 g/mol. The molecule has 1 heterocycles. The van der Waals surface area contributed by atoms with E-state index in [-0.39, 0.29) is 23.8 Å². The van der Waals surface area contributed by atoms with Crippen LogP contribution in [0.15, 0.2) is 18.2 Å². The summed E-state index contributed by atoms with van der Waals surface area (Å²) in [6, 6.07) is 5.79. The van der Waals surface area contributed by atoms with Crippen LogP contribution in [0.3, 0.4) is 0 Å². The van der Waals surface area contributed by atoms with Gasteiger partial charge in [-0.05, 0) is 50.3 Å². The molecule has 1 saturated carbocycles. The van der Waals surface area contributed by atoms with Crippen molar-refractivity contribution in [2.24, 2.45) is 5.92 Å².